The van der Waals surface area contributed by atoms with Crippen LogP contribution in [0.3, 0.4) is 0 Å². The zero-order valence-corrected chi connectivity index (χ0v) is 10.1. The molecule has 1 aromatic carbocycles. The number of nitrogens with two attached hydrogens (primary N) is 1. The van der Waals surface area contributed by atoms with E-state index in [4.69, 9.17) is 10.2 Å². The summed E-state index contributed by atoms with van der Waals surface area (Å²) in [5, 5.41) is 0. The van der Waals surface area contributed by atoms with E-state index in [1.54, 1.807) is 0 Å². The van der Waals surface area contributed by atoms with E-state index in [-0.39, 0.29) is 6.04 Å². The number of rotatable bonds is 3. The first-order valence-electron chi connectivity index (χ1n) is 4.95. The predicted octanol–water partition coefficient (Wildman–Crippen LogP) is 2.87. The average Bonchev–Trinajstić information content (AvgIpc) is 2.56. The van der Waals surface area contributed by atoms with Gasteiger partial charge in [0.2, 0.25) is 0 Å². The molecule has 1 atom stereocenters. The summed E-state index contributed by atoms with van der Waals surface area (Å²) in [6.45, 7) is 1.99. The highest BCUT2D eigenvalue weighted by molar-refractivity contribution is 9.10. The summed E-state index contributed by atoms with van der Waals surface area (Å²) in [6.07, 6.45) is 1.69. The van der Waals surface area contributed by atoms with Gasteiger partial charge in [0.05, 0.1) is 0 Å². The Labute approximate surface area is 96.8 Å². The zero-order valence-electron chi connectivity index (χ0n) is 8.53. The number of hydrogen-bond acceptors (Lipinski definition) is 3. The van der Waals surface area contributed by atoms with Crippen molar-refractivity contribution in [3.05, 3.63) is 28.6 Å². The van der Waals surface area contributed by atoms with Crippen molar-refractivity contribution in [2.45, 2.75) is 25.8 Å². The summed E-state index contributed by atoms with van der Waals surface area (Å²) in [5.74, 6) is 0.764. The van der Waals surface area contributed by atoms with Crippen LogP contribution in [0.5, 0.6) is 0 Å². The first-order valence-corrected chi connectivity index (χ1v) is 5.75. The van der Waals surface area contributed by atoms with Crippen LogP contribution in [0.25, 0.3) is 11.1 Å². The van der Waals surface area contributed by atoms with Gasteiger partial charge >= 0.3 is 0 Å². The van der Waals surface area contributed by atoms with Gasteiger partial charge in [-0.3, -0.25) is 0 Å². The molecule has 1 heterocycles. The fourth-order valence-corrected chi connectivity index (χ4v) is 1.76. The summed E-state index contributed by atoms with van der Waals surface area (Å²) in [7, 11) is 0. The van der Waals surface area contributed by atoms with Gasteiger partial charge in [-0.1, -0.05) is 15.9 Å². The second kappa shape index (κ2) is 4.33. The molecular formula is C11H13BrN2O. The molecule has 0 amide bonds. The Morgan fingerprint density at radius 3 is 3.07 bits per heavy atom. The van der Waals surface area contributed by atoms with Gasteiger partial charge in [0, 0.05) is 16.9 Å². The molecule has 2 rings (SSSR count). The molecule has 1 aromatic heterocycles. The highest BCUT2D eigenvalue weighted by Gasteiger charge is 2.06. The van der Waals surface area contributed by atoms with Gasteiger partial charge in [0.15, 0.2) is 11.5 Å². The standard InChI is InChI=1S/C11H13BrN2O/c1-7(13)2-5-11-14-9-6-8(12)3-4-10(9)15-11/h3-4,6-7H,2,5,13H2,1H3. The maximum Gasteiger partial charge on any atom is 0.195 e. The number of aryl methyl sites for hydroxylation is 1. The van der Waals surface area contributed by atoms with Gasteiger partial charge in [0.25, 0.3) is 0 Å². The molecule has 0 aliphatic carbocycles. The largest absolute Gasteiger partial charge is 0.441 e. The van der Waals surface area contributed by atoms with Crippen molar-refractivity contribution < 1.29 is 4.42 Å². The Morgan fingerprint density at radius 2 is 2.33 bits per heavy atom. The molecular weight excluding hydrogens is 256 g/mol. The Kier molecular flexibility index (Phi) is 3.07. The van der Waals surface area contributed by atoms with E-state index in [0.29, 0.717) is 0 Å². The van der Waals surface area contributed by atoms with Crippen molar-refractivity contribution in [2.24, 2.45) is 5.73 Å². The maximum atomic E-state index is 5.68. The Bertz CT molecular complexity index is 465. The van der Waals surface area contributed by atoms with Crippen molar-refractivity contribution in [3.63, 3.8) is 0 Å². The van der Waals surface area contributed by atoms with Crippen molar-refractivity contribution >= 4 is 27.0 Å². The van der Waals surface area contributed by atoms with Crippen LogP contribution in [0, 0.1) is 0 Å². The molecule has 80 valence electrons. The lowest BCUT2D eigenvalue weighted by Crippen LogP contribution is -2.15. The second-order valence-electron chi connectivity index (χ2n) is 3.74. The van der Waals surface area contributed by atoms with E-state index in [2.05, 4.69) is 20.9 Å². The minimum atomic E-state index is 0.187. The van der Waals surface area contributed by atoms with Crippen molar-refractivity contribution in [3.8, 4) is 0 Å². The highest BCUT2D eigenvalue weighted by atomic mass is 79.9. The van der Waals surface area contributed by atoms with Crippen LogP contribution in [-0.4, -0.2) is 11.0 Å². The van der Waals surface area contributed by atoms with Crippen LogP contribution >= 0.6 is 15.9 Å². The predicted molar refractivity (Wildman–Crippen MR) is 63.7 cm³/mol. The molecule has 0 bridgehead atoms. The lowest BCUT2D eigenvalue weighted by molar-refractivity contribution is 0.504. The Morgan fingerprint density at radius 1 is 1.53 bits per heavy atom. The molecule has 1 unspecified atom stereocenters. The van der Waals surface area contributed by atoms with E-state index in [0.717, 1.165) is 34.3 Å². The lowest BCUT2D eigenvalue weighted by atomic mass is 10.2. The maximum absolute atomic E-state index is 5.68. The van der Waals surface area contributed by atoms with Gasteiger partial charge in [0.1, 0.15) is 5.52 Å². The quantitative estimate of drug-likeness (QED) is 0.932. The summed E-state index contributed by atoms with van der Waals surface area (Å²) in [6, 6.07) is 6.01. The molecule has 0 aliphatic rings. The molecule has 0 spiro atoms. The van der Waals surface area contributed by atoms with Crippen LogP contribution in [0.2, 0.25) is 0 Å². The van der Waals surface area contributed by atoms with E-state index >= 15 is 0 Å². The third-order valence-electron chi connectivity index (χ3n) is 2.21. The number of benzene rings is 1. The topological polar surface area (TPSA) is 52.0 Å². The molecule has 0 radical (unpaired) electrons. The van der Waals surface area contributed by atoms with Crippen LogP contribution in [-0.2, 0) is 6.42 Å². The summed E-state index contributed by atoms with van der Waals surface area (Å²) in [5.41, 5.74) is 7.41. The molecule has 0 saturated carbocycles. The van der Waals surface area contributed by atoms with Gasteiger partial charge < -0.3 is 10.2 Å². The van der Waals surface area contributed by atoms with Crippen molar-refractivity contribution in [2.75, 3.05) is 0 Å². The molecule has 3 nitrogen and oxygen atoms in total. The first-order chi connectivity index (χ1) is 7.15. The number of nitrogens with zero attached hydrogens (tertiary/aromatic N) is 1. The van der Waals surface area contributed by atoms with Crippen LogP contribution in [0.1, 0.15) is 19.2 Å². The summed E-state index contributed by atoms with van der Waals surface area (Å²) < 4.78 is 6.60. The number of fused-ring (bicyclic) bond motifs is 1. The number of oxazole rings is 1. The third kappa shape index (κ3) is 2.58. The average molecular weight is 269 g/mol. The fourth-order valence-electron chi connectivity index (χ4n) is 1.41. The third-order valence-corrected chi connectivity index (χ3v) is 2.70. The molecule has 15 heavy (non-hydrogen) atoms. The monoisotopic (exact) mass is 268 g/mol. The molecule has 0 fully saturated rings. The molecule has 0 aliphatic heterocycles. The van der Waals surface area contributed by atoms with Crippen LogP contribution < -0.4 is 5.73 Å². The molecule has 2 aromatic rings. The van der Waals surface area contributed by atoms with Gasteiger partial charge in [-0.05, 0) is 31.5 Å². The fraction of sp³-hybridized carbons (Fsp3) is 0.364. The number of hydrogen-bond donors (Lipinski definition) is 1. The highest BCUT2D eigenvalue weighted by Crippen LogP contribution is 2.20. The van der Waals surface area contributed by atoms with Crippen molar-refractivity contribution in [1.29, 1.82) is 0 Å². The lowest BCUT2D eigenvalue weighted by Gasteiger charge is -1.99. The van der Waals surface area contributed by atoms with Gasteiger partial charge in [-0.25, -0.2) is 4.98 Å². The second-order valence-corrected chi connectivity index (χ2v) is 4.65. The first kappa shape index (κ1) is 10.6. The molecule has 2 N–H and O–H groups in total. The minimum absolute atomic E-state index is 0.187. The molecule has 0 saturated heterocycles. The van der Waals surface area contributed by atoms with Gasteiger partial charge in [-0.15, -0.1) is 0 Å². The van der Waals surface area contributed by atoms with E-state index in [9.17, 15) is 0 Å². The Hall–Kier alpha value is -0.870. The number of aromatic nitrogens is 1. The van der Waals surface area contributed by atoms with E-state index in [1.807, 2.05) is 25.1 Å². The Balaban J connectivity index is 2.23. The van der Waals surface area contributed by atoms with E-state index < -0.39 is 0 Å². The smallest absolute Gasteiger partial charge is 0.195 e. The zero-order chi connectivity index (χ0) is 10.8. The van der Waals surface area contributed by atoms with E-state index in [1.165, 1.54) is 0 Å². The number of halogens is 1. The summed E-state index contributed by atoms with van der Waals surface area (Å²) >= 11 is 3.40. The SMILES string of the molecule is CC(N)CCc1nc2cc(Br)ccc2o1. The van der Waals surface area contributed by atoms with Gasteiger partial charge in [-0.2, -0.15) is 0 Å². The minimum Gasteiger partial charge on any atom is -0.441 e. The van der Waals surface area contributed by atoms with Crippen molar-refractivity contribution in [1.82, 2.24) is 4.98 Å². The normalized spacial score (nSPS) is 13.3. The molecule has 4 heteroatoms. The summed E-state index contributed by atoms with van der Waals surface area (Å²) in [4.78, 5) is 4.39. The van der Waals surface area contributed by atoms with Crippen LogP contribution in [0.4, 0.5) is 0 Å². The van der Waals surface area contributed by atoms with Crippen LogP contribution in [0.15, 0.2) is 27.1 Å².